The van der Waals surface area contributed by atoms with Crippen LogP contribution in [0, 0.1) is 0 Å². The van der Waals surface area contributed by atoms with Crippen molar-refractivity contribution in [2.24, 2.45) is 20.5 Å². The van der Waals surface area contributed by atoms with E-state index in [1.54, 1.807) is 38.1 Å². The zero-order valence-electron chi connectivity index (χ0n) is 30.3. The van der Waals surface area contributed by atoms with E-state index >= 15 is 0 Å². The molecule has 2 amide bonds. The maximum absolute atomic E-state index is 13.1. The fourth-order valence-electron chi connectivity index (χ4n) is 4.48. The normalized spacial score (nSPS) is 13.2. The van der Waals surface area contributed by atoms with Crippen molar-refractivity contribution in [3.63, 3.8) is 0 Å². The molecule has 2 N–H and O–H groups in total. The Balaban J connectivity index is 1.78. The smallest absolute Gasteiger partial charge is 0.258 e. The molecule has 0 saturated heterocycles. The molecule has 0 aromatic heterocycles. The maximum Gasteiger partial charge on any atom is 0.258 e. The van der Waals surface area contributed by atoms with Gasteiger partial charge in [0.2, 0.25) is 12.1 Å². The van der Waals surface area contributed by atoms with Crippen molar-refractivity contribution in [1.29, 1.82) is 0 Å². The van der Waals surface area contributed by atoms with Crippen molar-refractivity contribution in [1.82, 2.24) is 0 Å². The van der Waals surface area contributed by atoms with Gasteiger partial charge in [-0.25, -0.2) is 0 Å². The van der Waals surface area contributed by atoms with Crippen LogP contribution in [0.3, 0.4) is 0 Å². The van der Waals surface area contributed by atoms with Gasteiger partial charge in [-0.2, -0.15) is 20.5 Å². The molecule has 0 bridgehead atoms. The predicted octanol–water partition coefficient (Wildman–Crippen LogP) is 9.28. The Morgan fingerprint density at radius 3 is 1.54 bits per heavy atom. The lowest BCUT2D eigenvalue weighted by Gasteiger charge is -2.14. The lowest BCUT2D eigenvalue weighted by molar-refractivity contribution is -0.127. The minimum atomic E-state index is -1.51. The van der Waals surface area contributed by atoms with E-state index in [4.69, 9.17) is 65.4 Å². The van der Waals surface area contributed by atoms with Crippen LogP contribution >= 0.6 is 46.4 Å². The second-order valence-corrected chi connectivity index (χ2v) is 12.9. The molecule has 286 valence electrons. The van der Waals surface area contributed by atoms with E-state index in [9.17, 15) is 19.2 Å². The first-order chi connectivity index (χ1) is 25.5. The molecular formula is C36H36Cl4N6O8. The van der Waals surface area contributed by atoms with Gasteiger partial charge in [-0.15, -0.1) is 0 Å². The van der Waals surface area contributed by atoms with Crippen LogP contribution in [-0.4, -0.2) is 63.9 Å². The van der Waals surface area contributed by atoms with Crippen LogP contribution < -0.4 is 29.6 Å². The van der Waals surface area contributed by atoms with Crippen LogP contribution in [0.2, 0.25) is 15.1 Å². The number of allylic oxidation sites excluding steroid dienone is 4. The number of hydrogen-bond donors (Lipinski definition) is 2. The van der Waals surface area contributed by atoms with Gasteiger partial charge < -0.3 is 29.6 Å². The highest BCUT2D eigenvalue weighted by molar-refractivity contribution is 6.34. The molecule has 54 heavy (non-hydrogen) atoms. The standard InChI is InChI=1S/C36H36Cl4N6O8/c1-17(11-22(37)18(2)43-45-33(19(3)47)35(49)41-27-15-29(51-5)24(39)13-31(27)53-7)21-9-10-26(23(38)12-21)44-46-34(20(4)48)36(50)42-28-16-30(52-6)25(40)14-32(28)54-8/h9-16,33-34H,1-8H3,(H,41,49)(H,42,50)/b17-11+,22-18-,45-43?,46-44?. The number of hydrogen-bond acceptors (Lipinski definition) is 12. The van der Waals surface area contributed by atoms with Crippen molar-refractivity contribution in [3.05, 3.63) is 79.9 Å². The van der Waals surface area contributed by atoms with Crippen LogP contribution in [-0.2, 0) is 19.2 Å². The van der Waals surface area contributed by atoms with Crippen LogP contribution in [0.15, 0.2) is 79.7 Å². The third-order valence-electron chi connectivity index (χ3n) is 7.43. The lowest BCUT2D eigenvalue weighted by atomic mass is 10.1. The lowest BCUT2D eigenvalue weighted by Crippen LogP contribution is -2.32. The van der Waals surface area contributed by atoms with Gasteiger partial charge in [0, 0.05) is 24.3 Å². The summed E-state index contributed by atoms with van der Waals surface area (Å²) in [7, 11) is 5.61. The summed E-state index contributed by atoms with van der Waals surface area (Å²) in [6.07, 6.45) is 1.59. The molecule has 3 rings (SSSR count). The molecule has 14 nitrogen and oxygen atoms in total. The monoisotopic (exact) mass is 820 g/mol. The highest BCUT2D eigenvalue weighted by Crippen LogP contribution is 2.37. The molecule has 0 heterocycles. The maximum atomic E-state index is 13.1. The van der Waals surface area contributed by atoms with Crippen molar-refractivity contribution in [2.45, 2.75) is 39.8 Å². The summed E-state index contributed by atoms with van der Waals surface area (Å²) in [6, 6.07) is 7.62. The van der Waals surface area contributed by atoms with Gasteiger partial charge in [0.05, 0.1) is 65.6 Å². The average molecular weight is 823 g/mol. The second kappa shape index (κ2) is 19.9. The van der Waals surface area contributed by atoms with Gasteiger partial charge in [0.1, 0.15) is 28.7 Å². The summed E-state index contributed by atoms with van der Waals surface area (Å²) in [5.74, 6) is -1.65. The first kappa shape index (κ1) is 43.4. The van der Waals surface area contributed by atoms with E-state index in [1.807, 2.05) is 0 Å². The van der Waals surface area contributed by atoms with E-state index in [0.717, 1.165) is 0 Å². The molecule has 0 aliphatic carbocycles. The van der Waals surface area contributed by atoms with Crippen LogP contribution in [0.25, 0.3) is 5.57 Å². The number of Topliss-reactive ketones (excluding diaryl/α,β-unsaturated/α-hetero) is 2. The predicted molar refractivity (Wildman–Crippen MR) is 208 cm³/mol. The summed E-state index contributed by atoms with van der Waals surface area (Å²) in [5, 5.41) is 22.0. The van der Waals surface area contributed by atoms with E-state index in [2.05, 4.69) is 31.1 Å². The number of ketones is 2. The SMILES string of the molecule is COc1cc(NC(=O)C(N=N/C(C)=C(Cl)/C=C(\C)c2ccc(N=NC(C(C)=O)C(=O)Nc3cc(OC)c(Cl)cc3OC)c(Cl)c2)C(C)=O)c(OC)cc1Cl. The molecule has 0 radical (unpaired) electrons. The molecule has 3 aromatic carbocycles. The van der Waals surface area contributed by atoms with E-state index < -0.39 is 35.5 Å². The van der Waals surface area contributed by atoms with Crippen molar-refractivity contribution in [3.8, 4) is 23.0 Å². The number of methoxy groups -OCH3 is 4. The van der Waals surface area contributed by atoms with Crippen molar-refractivity contribution in [2.75, 3.05) is 39.1 Å². The van der Waals surface area contributed by atoms with Gasteiger partial charge >= 0.3 is 0 Å². The Bertz CT molecular complexity index is 2070. The van der Waals surface area contributed by atoms with Crippen LogP contribution in [0.5, 0.6) is 23.0 Å². The first-order valence-electron chi connectivity index (χ1n) is 15.7. The van der Waals surface area contributed by atoms with Crippen LogP contribution in [0.1, 0.15) is 33.3 Å². The number of nitrogens with one attached hydrogen (secondary N) is 2. The first-order valence-corrected chi connectivity index (χ1v) is 17.2. The molecule has 0 aliphatic heterocycles. The Morgan fingerprint density at radius 2 is 1.11 bits per heavy atom. The molecule has 0 saturated carbocycles. The second-order valence-electron chi connectivity index (χ2n) is 11.2. The van der Waals surface area contributed by atoms with Crippen molar-refractivity contribution >= 4 is 92.4 Å². The third-order valence-corrected chi connectivity index (χ3v) is 8.70. The topological polar surface area (TPSA) is 179 Å². The third kappa shape index (κ3) is 11.2. The van der Waals surface area contributed by atoms with Gasteiger partial charge in [0.15, 0.2) is 11.6 Å². The molecular weight excluding hydrogens is 786 g/mol. The number of halogens is 4. The Morgan fingerprint density at radius 1 is 0.648 bits per heavy atom. The summed E-state index contributed by atoms with van der Waals surface area (Å²) in [4.78, 5) is 50.8. The Hall–Kier alpha value is -5.02. The fourth-order valence-corrected chi connectivity index (χ4v) is 5.36. The number of amides is 2. The largest absolute Gasteiger partial charge is 0.495 e. The molecule has 0 fully saturated rings. The summed E-state index contributed by atoms with van der Waals surface area (Å²) >= 11 is 25.3. The fraction of sp³-hybridized carbons (Fsp3) is 0.278. The summed E-state index contributed by atoms with van der Waals surface area (Å²) < 4.78 is 21.0. The number of anilines is 2. The molecule has 2 unspecified atom stereocenters. The number of ether oxygens (including phenoxy) is 4. The quantitative estimate of drug-likeness (QED) is 0.0815. The summed E-state index contributed by atoms with van der Waals surface area (Å²) in [6.45, 7) is 5.71. The van der Waals surface area contributed by atoms with Crippen LogP contribution in [0.4, 0.5) is 17.1 Å². The molecule has 3 aromatic rings. The zero-order valence-corrected chi connectivity index (χ0v) is 33.4. The number of carbonyl (C=O) groups is 4. The van der Waals surface area contributed by atoms with Gasteiger partial charge in [0.25, 0.3) is 11.8 Å². The zero-order chi connectivity index (χ0) is 40.3. The number of nitrogens with zero attached hydrogens (tertiary/aromatic N) is 4. The minimum absolute atomic E-state index is 0.160. The van der Waals surface area contributed by atoms with Gasteiger partial charge in [-0.3, -0.25) is 19.2 Å². The van der Waals surface area contributed by atoms with E-state index in [1.165, 1.54) is 66.6 Å². The van der Waals surface area contributed by atoms with E-state index in [-0.39, 0.29) is 65.9 Å². The Labute approximate surface area is 331 Å². The Kier molecular flexibility index (Phi) is 16.0. The number of rotatable bonds is 16. The summed E-state index contributed by atoms with van der Waals surface area (Å²) in [5.41, 5.74) is 2.10. The minimum Gasteiger partial charge on any atom is -0.495 e. The van der Waals surface area contributed by atoms with Gasteiger partial charge in [-0.05, 0) is 57.0 Å². The average Bonchev–Trinajstić information content (AvgIpc) is 3.12. The molecule has 0 spiro atoms. The highest BCUT2D eigenvalue weighted by Gasteiger charge is 2.26. The molecule has 18 heteroatoms. The highest BCUT2D eigenvalue weighted by atomic mass is 35.5. The number of benzene rings is 3. The van der Waals surface area contributed by atoms with Gasteiger partial charge in [-0.1, -0.05) is 52.5 Å². The van der Waals surface area contributed by atoms with Crippen molar-refractivity contribution < 1.29 is 38.1 Å². The molecule has 0 aliphatic rings. The number of carbonyl (C=O) groups excluding carboxylic acids is 4. The molecule has 2 atom stereocenters. The van der Waals surface area contributed by atoms with E-state index in [0.29, 0.717) is 11.1 Å². The number of azo groups is 2.